The van der Waals surface area contributed by atoms with Gasteiger partial charge in [-0.05, 0) is 19.4 Å². The van der Waals surface area contributed by atoms with E-state index in [0.29, 0.717) is 12.1 Å². The first-order chi connectivity index (χ1) is 9.60. The normalized spacial score (nSPS) is 20.8. The van der Waals surface area contributed by atoms with Gasteiger partial charge in [0.15, 0.2) is 0 Å². The maximum Gasteiger partial charge on any atom is 0.118 e. The SMILES string of the molecule is CCC1COCCN1Cc1cc(CNC(C)C)oc1C. The van der Waals surface area contributed by atoms with Gasteiger partial charge in [-0.25, -0.2) is 0 Å². The fraction of sp³-hybridized carbons (Fsp3) is 0.750. The van der Waals surface area contributed by atoms with Crippen LogP contribution >= 0.6 is 0 Å². The Balaban J connectivity index is 1.97. The molecule has 1 saturated heterocycles. The van der Waals surface area contributed by atoms with Crippen LogP contribution in [0.25, 0.3) is 0 Å². The maximum atomic E-state index is 5.86. The Morgan fingerprint density at radius 1 is 1.45 bits per heavy atom. The monoisotopic (exact) mass is 280 g/mol. The first-order valence-corrected chi connectivity index (χ1v) is 7.73. The molecule has 0 aliphatic carbocycles. The quantitative estimate of drug-likeness (QED) is 0.869. The van der Waals surface area contributed by atoms with E-state index in [1.54, 1.807) is 0 Å². The van der Waals surface area contributed by atoms with E-state index >= 15 is 0 Å². The van der Waals surface area contributed by atoms with E-state index in [-0.39, 0.29) is 0 Å². The molecule has 0 bridgehead atoms. The molecule has 1 fully saturated rings. The Hall–Kier alpha value is -0.840. The number of furan rings is 1. The number of ether oxygens (including phenoxy) is 1. The van der Waals surface area contributed by atoms with Crippen LogP contribution in [0, 0.1) is 6.92 Å². The summed E-state index contributed by atoms with van der Waals surface area (Å²) in [4.78, 5) is 2.51. The second-order valence-electron chi connectivity index (χ2n) is 5.94. The average Bonchev–Trinajstić information content (AvgIpc) is 2.78. The van der Waals surface area contributed by atoms with Crippen LogP contribution in [0.1, 0.15) is 44.3 Å². The van der Waals surface area contributed by atoms with Gasteiger partial charge in [0, 0.05) is 30.7 Å². The van der Waals surface area contributed by atoms with E-state index in [1.807, 2.05) is 0 Å². The van der Waals surface area contributed by atoms with Gasteiger partial charge >= 0.3 is 0 Å². The number of aryl methyl sites for hydroxylation is 1. The summed E-state index contributed by atoms with van der Waals surface area (Å²) in [5, 5.41) is 3.40. The zero-order valence-electron chi connectivity index (χ0n) is 13.2. The molecule has 20 heavy (non-hydrogen) atoms. The van der Waals surface area contributed by atoms with Gasteiger partial charge in [0.2, 0.25) is 0 Å². The van der Waals surface area contributed by atoms with Crippen LogP contribution in [0.3, 0.4) is 0 Å². The van der Waals surface area contributed by atoms with Gasteiger partial charge < -0.3 is 14.5 Å². The van der Waals surface area contributed by atoms with Crippen molar-refractivity contribution in [3.63, 3.8) is 0 Å². The number of hydrogen-bond acceptors (Lipinski definition) is 4. The molecular formula is C16H28N2O2. The Morgan fingerprint density at radius 2 is 2.25 bits per heavy atom. The maximum absolute atomic E-state index is 5.86. The minimum Gasteiger partial charge on any atom is -0.465 e. The molecule has 0 radical (unpaired) electrons. The molecule has 2 rings (SSSR count). The van der Waals surface area contributed by atoms with Crippen molar-refractivity contribution in [1.82, 2.24) is 10.2 Å². The van der Waals surface area contributed by atoms with E-state index < -0.39 is 0 Å². The second-order valence-corrected chi connectivity index (χ2v) is 5.94. The molecule has 1 atom stereocenters. The smallest absolute Gasteiger partial charge is 0.118 e. The third-order valence-electron chi connectivity index (χ3n) is 3.95. The molecule has 1 aliphatic rings. The molecule has 0 aromatic carbocycles. The minimum absolute atomic E-state index is 0.479. The summed E-state index contributed by atoms with van der Waals surface area (Å²) in [5.41, 5.74) is 1.31. The van der Waals surface area contributed by atoms with Gasteiger partial charge in [0.25, 0.3) is 0 Å². The Labute approximate surface area is 122 Å². The highest BCUT2D eigenvalue weighted by molar-refractivity contribution is 5.21. The first-order valence-electron chi connectivity index (χ1n) is 7.73. The molecule has 1 N–H and O–H groups in total. The van der Waals surface area contributed by atoms with Gasteiger partial charge in [-0.1, -0.05) is 20.8 Å². The molecular weight excluding hydrogens is 252 g/mol. The third kappa shape index (κ3) is 4.08. The molecule has 1 aliphatic heterocycles. The third-order valence-corrected chi connectivity index (χ3v) is 3.95. The number of morpholine rings is 1. The van der Waals surface area contributed by atoms with E-state index in [0.717, 1.165) is 50.8 Å². The van der Waals surface area contributed by atoms with E-state index in [1.165, 1.54) is 5.56 Å². The number of nitrogens with zero attached hydrogens (tertiary/aromatic N) is 1. The van der Waals surface area contributed by atoms with Crippen molar-refractivity contribution in [3.05, 3.63) is 23.2 Å². The van der Waals surface area contributed by atoms with E-state index in [9.17, 15) is 0 Å². The fourth-order valence-corrected chi connectivity index (χ4v) is 2.63. The van der Waals surface area contributed by atoms with Crippen LogP contribution in [0.5, 0.6) is 0 Å². The topological polar surface area (TPSA) is 37.6 Å². The highest BCUT2D eigenvalue weighted by Crippen LogP contribution is 2.20. The average molecular weight is 280 g/mol. The molecule has 0 saturated carbocycles. The molecule has 4 nitrogen and oxygen atoms in total. The number of hydrogen-bond donors (Lipinski definition) is 1. The lowest BCUT2D eigenvalue weighted by Crippen LogP contribution is -2.44. The molecule has 1 aromatic rings. The van der Waals surface area contributed by atoms with Crippen LogP contribution < -0.4 is 5.32 Å². The van der Waals surface area contributed by atoms with Crippen LogP contribution in [0.15, 0.2) is 10.5 Å². The molecule has 0 spiro atoms. The molecule has 4 heteroatoms. The van der Waals surface area contributed by atoms with Crippen molar-refractivity contribution in [2.75, 3.05) is 19.8 Å². The second kappa shape index (κ2) is 7.25. The largest absolute Gasteiger partial charge is 0.465 e. The predicted octanol–water partition coefficient (Wildman–Crippen LogP) is 2.70. The van der Waals surface area contributed by atoms with Gasteiger partial charge in [-0.2, -0.15) is 0 Å². The van der Waals surface area contributed by atoms with Crippen molar-refractivity contribution in [1.29, 1.82) is 0 Å². The zero-order chi connectivity index (χ0) is 14.5. The van der Waals surface area contributed by atoms with E-state index in [4.69, 9.17) is 9.15 Å². The van der Waals surface area contributed by atoms with Gasteiger partial charge in [0.1, 0.15) is 11.5 Å². The highest BCUT2D eigenvalue weighted by Gasteiger charge is 2.22. The Kier molecular flexibility index (Phi) is 5.64. The van der Waals surface area contributed by atoms with Crippen molar-refractivity contribution >= 4 is 0 Å². The summed E-state index contributed by atoms with van der Waals surface area (Å²) >= 11 is 0. The zero-order valence-corrected chi connectivity index (χ0v) is 13.2. The predicted molar refractivity (Wildman–Crippen MR) is 80.7 cm³/mol. The van der Waals surface area contributed by atoms with Crippen LogP contribution in [-0.2, 0) is 17.8 Å². The van der Waals surface area contributed by atoms with Crippen LogP contribution in [0.4, 0.5) is 0 Å². The van der Waals surface area contributed by atoms with Crippen molar-refractivity contribution in [2.24, 2.45) is 0 Å². The summed E-state index contributed by atoms with van der Waals surface area (Å²) in [6.45, 7) is 13.1. The minimum atomic E-state index is 0.479. The highest BCUT2D eigenvalue weighted by atomic mass is 16.5. The van der Waals surface area contributed by atoms with Gasteiger partial charge in [-0.3, -0.25) is 4.90 Å². The lowest BCUT2D eigenvalue weighted by Gasteiger charge is -2.34. The first kappa shape index (κ1) is 15.5. The lowest BCUT2D eigenvalue weighted by molar-refractivity contribution is -0.0129. The van der Waals surface area contributed by atoms with Crippen molar-refractivity contribution in [2.45, 2.75) is 59.3 Å². The summed E-state index contributed by atoms with van der Waals surface area (Å²) < 4.78 is 11.4. The summed E-state index contributed by atoms with van der Waals surface area (Å²) in [5.74, 6) is 2.08. The molecule has 1 unspecified atom stereocenters. The van der Waals surface area contributed by atoms with Gasteiger partial charge in [0.05, 0.1) is 19.8 Å². The number of nitrogens with one attached hydrogen (secondary N) is 1. The number of rotatable bonds is 6. The molecule has 1 aromatic heterocycles. The standard InChI is InChI=1S/C16H28N2O2/c1-5-15-11-19-7-6-18(15)10-14-8-16(20-13(14)4)9-17-12(2)3/h8,12,15,17H,5-7,9-11H2,1-4H3. The summed E-state index contributed by atoms with van der Waals surface area (Å²) in [6, 6.07) is 3.22. The van der Waals surface area contributed by atoms with Crippen molar-refractivity contribution in [3.8, 4) is 0 Å². The summed E-state index contributed by atoms with van der Waals surface area (Å²) in [7, 11) is 0. The Bertz CT molecular complexity index is 415. The lowest BCUT2D eigenvalue weighted by atomic mass is 10.1. The molecule has 114 valence electrons. The van der Waals surface area contributed by atoms with Crippen LogP contribution in [0.2, 0.25) is 0 Å². The van der Waals surface area contributed by atoms with Crippen molar-refractivity contribution < 1.29 is 9.15 Å². The summed E-state index contributed by atoms with van der Waals surface area (Å²) in [6.07, 6.45) is 1.14. The molecule has 2 heterocycles. The fourth-order valence-electron chi connectivity index (χ4n) is 2.63. The van der Waals surface area contributed by atoms with Gasteiger partial charge in [-0.15, -0.1) is 0 Å². The van der Waals surface area contributed by atoms with E-state index in [2.05, 4.69) is 44.0 Å². The molecule has 0 amide bonds. The van der Waals surface area contributed by atoms with Crippen LogP contribution in [-0.4, -0.2) is 36.7 Å². The Morgan fingerprint density at radius 3 is 2.95 bits per heavy atom.